The number of hydrogen-bond donors (Lipinski definition) is 0. The molecule has 6 heteroatoms. The van der Waals surface area contributed by atoms with E-state index >= 15 is 0 Å². The van der Waals surface area contributed by atoms with E-state index in [-0.39, 0.29) is 24.6 Å². The Morgan fingerprint density at radius 2 is 1.78 bits per heavy atom. The van der Waals surface area contributed by atoms with Crippen molar-refractivity contribution in [3.63, 3.8) is 0 Å². The van der Waals surface area contributed by atoms with E-state index in [1.807, 2.05) is 30.3 Å². The zero-order chi connectivity index (χ0) is 19.8. The van der Waals surface area contributed by atoms with Gasteiger partial charge in [-0.25, -0.2) is 0 Å². The molecule has 0 aromatic heterocycles. The highest BCUT2D eigenvalue weighted by atomic mass is 19.4. The van der Waals surface area contributed by atoms with E-state index in [0.717, 1.165) is 11.6 Å². The molecule has 144 valence electrons. The number of benzene rings is 2. The maximum Gasteiger partial charge on any atom is 0.416 e. The Kier molecular flexibility index (Phi) is 5.04. The zero-order valence-electron chi connectivity index (χ0n) is 15.6. The molecule has 1 aliphatic rings. The maximum atomic E-state index is 13.6. The summed E-state index contributed by atoms with van der Waals surface area (Å²) in [6, 6.07) is 12.3. The van der Waals surface area contributed by atoms with E-state index in [4.69, 9.17) is 4.74 Å². The highest BCUT2D eigenvalue weighted by Gasteiger charge is 2.49. The second-order valence-electron chi connectivity index (χ2n) is 7.32. The van der Waals surface area contributed by atoms with Gasteiger partial charge in [0.25, 0.3) is 0 Å². The average Bonchev–Trinajstić information content (AvgIpc) is 2.78. The molecule has 0 N–H and O–H groups in total. The number of alkyl halides is 3. The van der Waals surface area contributed by atoms with Crippen molar-refractivity contribution >= 4 is 11.6 Å². The zero-order valence-corrected chi connectivity index (χ0v) is 15.6. The second kappa shape index (κ2) is 7.00. The van der Waals surface area contributed by atoms with Crippen LogP contribution in [0.15, 0.2) is 42.5 Å². The molecule has 1 heterocycles. The summed E-state index contributed by atoms with van der Waals surface area (Å²) in [6.45, 7) is 5.54. The second-order valence-corrected chi connectivity index (χ2v) is 7.32. The van der Waals surface area contributed by atoms with E-state index in [1.54, 1.807) is 26.8 Å². The number of rotatable bonds is 5. The van der Waals surface area contributed by atoms with Crippen LogP contribution in [0.1, 0.15) is 36.1 Å². The Morgan fingerprint density at radius 3 is 2.41 bits per heavy atom. The molecule has 0 spiro atoms. The third kappa shape index (κ3) is 3.72. The molecule has 0 aliphatic carbocycles. The van der Waals surface area contributed by atoms with Crippen LogP contribution in [0.5, 0.6) is 0 Å². The predicted octanol–water partition coefficient (Wildman–Crippen LogP) is 4.85. The van der Waals surface area contributed by atoms with Crippen LogP contribution in [-0.2, 0) is 27.7 Å². The molecule has 1 amide bonds. The van der Waals surface area contributed by atoms with E-state index in [1.165, 1.54) is 4.90 Å². The minimum atomic E-state index is -4.51. The number of aryl methyl sites for hydroxylation is 1. The predicted molar refractivity (Wildman–Crippen MR) is 97.7 cm³/mol. The van der Waals surface area contributed by atoms with Crippen LogP contribution in [0.4, 0.5) is 18.9 Å². The molecule has 2 aromatic carbocycles. The number of hydrogen-bond acceptors (Lipinski definition) is 2. The third-order valence-corrected chi connectivity index (χ3v) is 4.83. The number of anilines is 1. The van der Waals surface area contributed by atoms with Gasteiger partial charge in [0.05, 0.1) is 24.2 Å². The standard InChI is InChI=1S/C21H22F3NO2/c1-14-11-16(21(22,23)24)18-17(12-14)25(19(26)20(18,2)3)9-10-27-13-15-7-5-4-6-8-15/h4-8,11-12H,9-10,13H2,1-3H3. The quantitative estimate of drug-likeness (QED) is 0.697. The average molecular weight is 377 g/mol. The summed E-state index contributed by atoms with van der Waals surface area (Å²) in [7, 11) is 0. The van der Waals surface area contributed by atoms with Gasteiger partial charge in [-0.2, -0.15) is 13.2 Å². The maximum absolute atomic E-state index is 13.6. The fourth-order valence-corrected chi connectivity index (χ4v) is 3.56. The molecule has 0 bridgehead atoms. The highest BCUT2D eigenvalue weighted by molar-refractivity contribution is 6.08. The number of carbonyl (C=O) groups excluding carboxylic acids is 1. The lowest BCUT2D eigenvalue weighted by molar-refractivity contribution is -0.138. The Balaban J connectivity index is 1.82. The van der Waals surface area contributed by atoms with E-state index in [9.17, 15) is 18.0 Å². The number of ether oxygens (including phenoxy) is 1. The van der Waals surface area contributed by atoms with Crippen molar-refractivity contribution in [2.75, 3.05) is 18.1 Å². The third-order valence-electron chi connectivity index (χ3n) is 4.83. The van der Waals surface area contributed by atoms with E-state index < -0.39 is 17.2 Å². The summed E-state index contributed by atoms with van der Waals surface area (Å²) in [5, 5.41) is 0. The van der Waals surface area contributed by atoms with Gasteiger partial charge in [-0.15, -0.1) is 0 Å². The highest BCUT2D eigenvalue weighted by Crippen LogP contribution is 2.48. The fraction of sp³-hybridized carbons (Fsp3) is 0.381. The summed E-state index contributed by atoms with van der Waals surface area (Å²) in [4.78, 5) is 14.3. The van der Waals surface area contributed by atoms with Gasteiger partial charge in [-0.3, -0.25) is 4.79 Å². The molecule has 3 nitrogen and oxygen atoms in total. The molecular weight excluding hydrogens is 355 g/mol. The summed E-state index contributed by atoms with van der Waals surface area (Å²) < 4.78 is 46.3. The number of halogens is 3. The van der Waals surface area contributed by atoms with Gasteiger partial charge in [-0.05, 0) is 44.0 Å². The first-order valence-electron chi connectivity index (χ1n) is 8.78. The summed E-state index contributed by atoms with van der Waals surface area (Å²) in [5.74, 6) is -0.336. The SMILES string of the molecule is Cc1cc2c(c(C(F)(F)F)c1)C(C)(C)C(=O)N2CCOCc1ccccc1. The van der Waals surface area contributed by atoms with Crippen molar-refractivity contribution in [2.24, 2.45) is 0 Å². The van der Waals surface area contributed by atoms with Crippen LogP contribution in [0.2, 0.25) is 0 Å². The number of nitrogens with zero attached hydrogens (tertiary/aromatic N) is 1. The van der Waals surface area contributed by atoms with E-state index in [0.29, 0.717) is 17.9 Å². The Bertz CT molecular complexity index is 844. The largest absolute Gasteiger partial charge is 0.416 e. The molecule has 0 saturated carbocycles. The lowest BCUT2D eigenvalue weighted by Gasteiger charge is -2.21. The van der Waals surface area contributed by atoms with Crippen LogP contribution < -0.4 is 4.90 Å². The van der Waals surface area contributed by atoms with Crippen molar-refractivity contribution < 1.29 is 22.7 Å². The molecule has 0 fully saturated rings. The Morgan fingerprint density at radius 1 is 1.11 bits per heavy atom. The van der Waals surface area contributed by atoms with Gasteiger partial charge < -0.3 is 9.64 Å². The minimum absolute atomic E-state index is 0.0497. The van der Waals surface area contributed by atoms with Crippen molar-refractivity contribution in [3.05, 3.63) is 64.7 Å². The molecule has 0 saturated heterocycles. The lowest BCUT2D eigenvalue weighted by Crippen LogP contribution is -2.38. The lowest BCUT2D eigenvalue weighted by atomic mass is 9.82. The number of fused-ring (bicyclic) bond motifs is 1. The van der Waals surface area contributed by atoms with Crippen LogP contribution in [0.25, 0.3) is 0 Å². The van der Waals surface area contributed by atoms with Gasteiger partial charge in [0.15, 0.2) is 0 Å². The summed E-state index contributed by atoms with van der Waals surface area (Å²) >= 11 is 0. The van der Waals surface area contributed by atoms with E-state index in [2.05, 4.69) is 0 Å². The molecule has 0 atom stereocenters. The minimum Gasteiger partial charge on any atom is -0.375 e. The van der Waals surface area contributed by atoms with Crippen molar-refractivity contribution in [1.82, 2.24) is 0 Å². The molecule has 27 heavy (non-hydrogen) atoms. The van der Waals surface area contributed by atoms with Crippen LogP contribution in [-0.4, -0.2) is 19.1 Å². The molecule has 0 unspecified atom stereocenters. The Hall–Kier alpha value is -2.34. The van der Waals surface area contributed by atoms with Gasteiger partial charge in [0.1, 0.15) is 0 Å². The molecular formula is C21H22F3NO2. The van der Waals surface area contributed by atoms with Crippen molar-refractivity contribution in [1.29, 1.82) is 0 Å². The number of amides is 1. The number of carbonyl (C=O) groups is 1. The first-order chi connectivity index (χ1) is 12.6. The van der Waals surface area contributed by atoms with Gasteiger partial charge in [0.2, 0.25) is 5.91 Å². The first kappa shape index (κ1) is 19.4. The van der Waals surface area contributed by atoms with Crippen molar-refractivity contribution in [2.45, 2.75) is 39.0 Å². The van der Waals surface area contributed by atoms with Gasteiger partial charge >= 0.3 is 6.18 Å². The normalized spacial score (nSPS) is 15.9. The molecule has 0 radical (unpaired) electrons. The Labute approximate surface area is 156 Å². The first-order valence-corrected chi connectivity index (χ1v) is 8.78. The van der Waals surface area contributed by atoms with Crippen LogP contribution >= 0.6 is 0 Å². The monoisotopic (exact) mass is 377 g/mol. The molecule has 2 aromatic rings. The summed E-state index contributed by atoms with van der Waals surface area (Å²) in [6.07, 6.45) is -4.51. The fourth-order valence-electron chi connectivity index (χ4n) is 3.56. The van der Waals surface area contributed by atoms with Crippen LogP contribution in [0, 0.1) is 6.92 Å². The molecule has 1 aliphatic heterocycles. The topological polar surface area (TPSA) is 29.5 Å². The van der Waals surface area contributed by atoms with Gasteiger partial charge in [-0.1, -0.05) is 30.3 Å². The van der Waals surface area contributed by atoms with Gasteiger partial charge in [0, 0.05) is 17.8 Å². The summed E-state index contributed by atoms with van der Waals surface area (Å²) in [5.41, 5.74) is -0.103. The van der Waals surface area contributed by atoms with Crippen molar-refractivity contribution in [3.8, 4) is 0 Å². The molecule has 3 rings (SSSR count). The smallest absolute Gasteiger partial charge is 0.375 e. The van der Waals surface area contributed by atoms with Crippen LogP contribution in [0.3, 0.4) is 0 Å².